The molecule has 0 bridgehead atoms. The number of nitrogens with zero attached hydrogens (tertiary/aromatic N) is 4. The number of aromatic nitrogens is 1. The number of nitrogens with two attached hydrogens (primary N) is 1. The van der Waals surface area contributed by atoms with Gasteiger partial charge in [0.1, 0.15) is 18.0 Å². The number of nitriles is 1. The highest BCUT2D eigenvalue weighted by Crippen LogP contribution is 2.29. The standard InChI is InChI=1S/C28H29N5O4/c1-4-5-12-37-28(35)33-11-10-32(17-26(33)30)27(34)20-6-8-22-18(2)13-23(31-24(22)15-20)19-7-9-25(36-3)21(14-19)16-29/h4,6-9,13-15,26H,1,5,10-12,17,30H2,2-3H3/t26-/m0/s1. The summed E-state index contributed by atoms with van der Waals surface area (Å²) in [5.74, 6) is 0.318. The number of carbonyl (C=O) groups excluding carboxylic acids is 2. The largest absolute Gasteiger partial charge is 0.495 e. The Morgan fingerprint density at radius 3 is 2.76 bits per heavy atom. The molecule has 37 heavy (non-hydrogen) atoms. The van der Waals surface area contributed by atoms with E-state index in [2.05, 4.69) is 12.6 Å². The Labute approximate surface area is 215 Å². The molecule has 9 nitrogen and oxygen atoms in total. The molecule has 190 valence electrons. The smallest absolute Gasteiger partial charge is 0.411 e. The zero-order valence-corrected chi connectivity index (χ0v) is 20.9. The van der Waals surface area contributed by atoms with Crippen LogP contribution in [0.4, 0.5) is 4.79 Å². The van der Waals surface area contributed by atoms with E-state index < -0.39 is 12.3 Å². The van der Waals surface area contributed by atoms with Gasteiger partial charge in [-0.3, -0.25) is 9.69 Å². The van der Waals surface area contributed by atoms with Crippen molar-refractivity contribution in [2.45, 2.75) is 19.5 Å². The van der Waals surface area contributed by atoms with Gasteiger partial charge in [0, 0.05) is 29.6 Å². The Bertz CT molecular complexity index is 1400. The number of hydrogen-bond donors (Lipinski definition) is 1. The predicted octanol–water partition coefficient (Wildman–Crippen LogP) is 3.85. The quantitative estimate of drug-likeness (QED) is 0.404. The van der Waals surface area contributed by atoms with Crippen LogP contribution in [0.5, 0.6) is 5.75 Å². The second-order valence-corrected chi connectivity index (χ2v) is 8.79. The minimum Gasteiger partial charge on any atom is -0.495 e. The van der Waals surface area contributed by atoms with E-state index in [9.17, 15) is 14.9 Å². The van der Waals surface area contributed by atoms with Crippen molar-refractivity contribution >= 4 is 22.9 Å². The second-order valence-electron chi connectivity index (χ2n) is 8.79. The van der Waals surface area contributed by atoms with Crippen LogP contribution in [0.25, 0.3) is 22.2 Å². The molecule has 1 fully saturated rings. The predicted molar refractivity (Wildman–Crippen MR) is 140 cm³/mol. The molecule has 1 atom stereocenters. The first kappa shape index (κ1) is 25.7. The summed E-state index contributed by atoms with van der Waals surface area (Å²) in [6.45, 7) is 6.66. The molecular formula is C28H29N5O4. The van der Waals surface area contributed by atoms with Crippen molar-refractivity contribution in [3.63, 3.8) is 0 Å². The molecule has 0 unspecified atom stereocenters. The molecule has 2 N–H and O–H groups in total. The lowest BCUT2D eigenvalue weighted by Gasteiger charge is -2.38. The van der Waals surface area contributed by atoms with Gasteiger partial charge in [0.15, 0.2) is 0 Å². The Kier molecular flexibility index (Phi) is 7.70. The Hall–Kier alpha value is -4.42. The molecule has 2 aromatic carbocycles. The van der Waals surface area contributed by atoms with Gasteiger partial charge in [-0.05, 0) is 55.3 Å². The highest BCUT2D eigenvalue weighted by atomic mass is 16.6. The maximum Gasteiger partial charge on any atom is 0.411 e. The summed E-state index contributed by atoms with van der Waals surface area (Å²) < 4.78 is 10.5. The minimum absolute atomic E-state index is 0.182. The van der Waals surface area contributed by atoms with Gasteiger partial charge in [-0.1, -0.05) is 12.1 Å². The third-order valence-corrected chi connectivity index (χ3v) is 6.37. The highest BCUT2D eigenvalue weighted by molar-refractivity contribution is 5.99. The summed E-state index contributed by atoms with van der Waals surface area (Å²) in [7, 11) is 1.52. The van der Waals surface area contributed by atoms with Crippen LogP contribution in [0, 0.1) is 18.3 Å². The zero-order chi connectivity index (χ0) is 26.5. The fourth-order valence-electron chi connectivity index (χ4n) is 4.35. The first-order valence-corrected chi connectivity index (χ1v) is 11.9. The molecule has 0 radical (unpaired) electrons. The zero-order valence-electron chi connectivity index (χ0n) is 20.9. The Morgan fingerprint density at radius 1 is 1.24 bits per heavy atom. The fourth-order valence-corrected chi connectivity index (χ4v) is 4.35. The number of piperazine rings is 1. The molecule has 0 saturated carbocycles. The summed E-state index contributed by atoms with van der Waals surface area (Å²) >= 11 is 0. The number of rotatable bonds is 6. The van der Waals surface area contributed by atoms with Crippen molar-refractivity contribution in [2.75, 3.05) is 33.4 Å². The molecule has 2 heterocycles. The van der Waals surface area contributed by atoms with Crippen LogP contribution >= 0.6 is 0 Å². The number of ether oxygens (including phenoxy) is 2. The van der Waals surface area contributed by atoms with E-state index >= 15 is 0 Å². The van der Waals surface area contributed by atoms with Gasteiger partial charge in [0.25, 0.3) is 5.91 Å². The maximum atomic E-state index is 13.3. The molecule has 1 saturated heterocycles. The number of fused-ring (bicyclic) bond motifs is 1. The topological polar surface area (TPSA) is 122 Å². The van der Waals surface area contributed by atoms with Gasteiger partial charge < -0.3 is 20.1 Å². The number of hydrogen-bond acceptors (Lipinski definition) is 7. The molecule has 1 aromatic heterocycles. The van der Waals surface area contributed by atoms with E-state index in [0.717, 1.165) is 16.5 Å². The van der Waals surface area contributed by atoms with Gasteiger partial charge in [-0.25, -0.2) is 9.78 Å². The fraction of sp³-hybridized carbons (Fsp3) is 0.286. The molecule has 1 aliphatic rings. The van der Waals surface area contributed by atoms with Crippen molar-refractivity contribution in [3.8, 4) is 23.1 Å². The van der Waals surface area contributed by atoms with E-state index in [1.54, 1.807) is 35.2 Å². The molecule has 3 aromatic rings. The Morgan fingerprint density at radius 2 is 2.05 bits per heavy atom. The lowest BCUT2D eigenvalue weighted by Crippen LogP contribution is -2.60. The molecular weight excluding hydrogens is 470 g/mol. The number of aryl methyl sites for hydroxylation is 1. The first-order chi connectivity index (χ1) is 17.9. The maximum absolute atomic E-state index is 13.3. The Balaban J connectivity index is 1.55. The minimum atomic E-state index is -0.661. The third-order valence-electron chi connectivity index (χ3n) is 6.37. The van der Waals surface area contributed by atoms with E-state index in [0.29, 0.717) is 41.1 Å². The van der Waals surface area contributed by atoms with E-state index in [1.165, 1.54) is 12.0 Å². The average Bonchev–Trinajstić information content (AvgIpc) is 2.91. The number of methoxy groups -OCH3 is 1. The molecule has 0 spiro atoms. The molecule has 2 amide bonds. The van der Waals surface area contributed by atoms with Crippen LogP contribution in [0.1, 0.15) is 27.9 Å². The van der Waals surface area contributed by atoms with Crippen LogP contribution in [0.15, 0.2) is 55.1 Å². The number of amides is 2. The molecule has 1 aliphatic heterocycles. The van der Waals surface area contributed by atoms with Crippen LogP contribution in [-0.4, -0.2) is 66.3 Å². The monoisotopic (exact) mass is 499 g/mol. The lowest BCUT2D eigenvalue weighted by atomic mass is 10.0. The summed E-state index contributed by atoms with van der Waals surface area (Å²) in [6.07, 6.45) is 1.09. The summed E-state index contributed by atoms with van der Waals surface area (Å²) in [4.78, 5) is 33.5. The van der Waals surface area contributed by atoms with E-state index in [-0.39, 0.29) is 25.6 Å². The van der Waals surface area contributed by atoms with E-state index in [4.69, 9.17) is 20.2 Å². The first-order valence-electron chi connectivity index (χ1n) is 11.9. The van der Waals surface area contributed by atoms with Crippen molar-refractivity contribution in [2.24, 2.45) is 5.73 Å². The summed E-state index contributed by atoms with van der Waals surface area (Å²) in [6, 6.07) is 14.9. The van der Waals surface area contributed by atoms with Crippen LogP contribution in [0.2, 0.25) is 0 Å². The van der Waals surface area contributed by atoms with Crippen LogP contribution in [-0.2, 0) is 4.74 Å². The van der Waals surface area contributed by atoms with Crippen molar-refractivity contribution < 1.29 is 19.1 Å². The van der Waals surface area contributed by atoms with Crippen LogP contribution in [0.3, 0.4) is 0 Å². The highest BCUT2D eigenvalue weighted by Gasteiger charge is 2.31. The normalized spacial score (nSPS) is 15.2. The van der Waals surface area contributed by atoms with Gasteiger partial charge in [0.2, 0.25) is 0 Å². The van der Waals surface area contributed by atoms with Crippen molar-refractivity contribution in [1.29, 1.82) is 5.26 Å². The second kappa shape index (κ2) is 11.1. The molecule has 4 rings (SSSR count). The van der Waals surface area contributed by atoms with Crippen molar-refractivity contribution in [1.82, 2.24) is 14.8 Å². The molecule has 0 aliphatic carbocycles. The number of carbonyl (C=O) groups is 2. The average molecular weight is 500 g/mol. The summed E-state index contributed by atoms with van der Waals surface area (Å²) in [5.41, 5.74) is 10.2. The SMILES string of the molecule is C=CCCOC(=O)N1CCN(C(=O)c2ccc3c(C)cc(-c4ccc(OC)c(C#N)c4)nc3c2)C[C@H]1N. The van der Waals surface area contributed by atoms with Crippen molar-refractivity contribution in [3.05, 3.63) is 71.8 Å². The number of pyridine rings is 1. The molecule has 9 heteroatoms. The van der Waals surface area contributed by atoms with Gasteiger partial charge in [0.05, 0.1) is 37.0 Å². The third kappa shape index (κ3) is 5.39. The van der Waals surface area contributed by atoms with Gasteiger partial charge in [-0.2, -0.15) is 5.26 Å². The summed E-state index contributed by atoms with van der Waals surface area (Å²) in [5, 5.41) is 10.4. The van der Waals surface area contributed by atoms with E-state index in [1.807, 2.05) is 25.1 Å². The lowest BCUT2D eigenvalue weighted by molar-refractivity contribution is 0.0394. The number of benzene rings is 2. The van der Waals surface area contributed by atoms with Gasteiger partial charge in [-0.15, -0.1) is 6.58 Å². The van der Waals surface area contributed by atoms with Gasteiger partial charge >= 0.3 is 6.09 Å². The van der Waals surface area contributed by atoms with Crippen LogP contribution < -0.4 is 10.5 Å².